The molecule has 3 nitrogen and oxygen atoms in total. The van der Waals surface area contributed by atoms with Crippen LogP contribution in [0.5, 0.6) is 0 Å². The lowest BCUT2D eigenvalue weighted by molar-refractivity contribution is 0.485. The fraction of sp³-hybridized carbons (Fsp3) is 0.375. The fourth-order valence-corrected chi connectivity index (χ4v) is 3.36. The van der Waals surface area contributed by atoms with Crippen LogP contribution in [0.25, 0.3) is 10.8 Å². The number of nitrogens with one attached hydrogen (secondary N) is 1. The molecule has 1 N–H and O–H groups in total. The third-order valence-corrected chi connectivity index (χ3v) is 4.55. The summed E-state index contributed by atoms with van der Waals surface area (Å²) in [6.45, 7) is 4.48. The maximum absolute atomic E-state index is 4.83. The maximum Gasteiger partial charge on any atom is 0.161 e. The molecule has 20 heavy (non-hydrogen) atoms. The van der Waals surface area contributed by atoms with Crippen molar-refractivity contribution in [2.24, 2.45) is 10.9 Å². The van der Waals surface area contributed by atoms with Gasteiger partial charge >= 0.3 is 0 Å². The second-order valence-electron chi connectivity index (χ2n) is 5.41. The van der Waals surface area contributed by atoms with Crippen LogP contribution in [0.1, 0.15) is 20.3 Å². The zero-order valence-electron chi connectivity index (χ0n) is 11.8. The van der Waals surface area contributed by atoms with Crippen LogP contribution in [0, 0.1) is 5.92 Å². The Hall–Kier alpha value is -1.55. The van der Waals surface area contributed by atoms with Crippen molar-refractivity contribution >= 4 is 33.4 Å². The van der Waals surface area contributed by atoms with Crippen LogP contribution in [0.4, 0.5) is 5.69 Å². The molecule has 0 fully saturated rings. The third kappa shape index (κ3) is 2.80. The van der Waals surface area contributed by atoms with Crippen LogP contribution in [0.3, 0.4) is 0 Å². The van der Waals surface area contributed by atoms with E-state index < -0.39 is 0 Å². The van der Waals surface area contributed by atoms with Gasteiger partial charge in [0, 0.05) is 29.2 Å². The Kier molecular flexibility index (Phi) is 3.92. The molecule has 1 unspecified atom stereocenters. The van der Waals surface area contributed by atoms with E-state index in [-0.39, 0.29) is 0 Å². The number of anilines is 1. The normalized spacial score (nSPS) is 19.1. The van der Waals surface area contributed by atoms with E-state index in [1.54, 1.807) is 11.8 Å². The highest BCUT2D eigenvalue weighted by molar-refractivity contribution is 8.14. The van der Waals surface area contributed by atoms with Gasteiger partial charge in [-0.1, -0.05) is 37.7 Å². The molecule has 1 aromatic heterocycles. The van der Waals surface area contributed by atoms with Gasteiger partial charge in [-0.2, -0.15) is 0 Å². The SMILES string of the molecule is CC(C)C1CCSC(Nc2cccc3ccncc23)=N1. The minimum atomic E-state index is 0.437. The Bertz CT molecular complexity index is 631. The fourth-order valence-electron chi connectivity index (χ4n) is 2.42. The van der Waals surface area contributed by atoms with Crippen LogP contribution in [-0.4, -0.2) is 21.9 Å². The summed E-state index contributed by atoms with van der Waals surface area (Å²) in [4.78, 5) is 9.05. The van der Waals surface area contributed by atoms with Gasteiger partial charge in [0.15, 0.2) is 5.17 Å². The summed E-state index contributed by atoms with van der Waals surface area (Å²) in [5.74, 6) is 1.74. The summed E-state index contributed by atoms with van der Waals surface area (Å²) in [5, 5.41) is 6.86. The molecule has 104 valence electrons. The second-order valence-corrected chi connectivity index (χ2v) is 6.49. The molecular formula is C16H19N3S. The summed E-state index contributed by atoms with van der Waals surface area (Å²) in [7, 11) is 0. The topological polar surface area (TPSA) is 37.3 Å². The van der Waals surface area contributed by atoms with Crippen LogP contribution in [-0.2, 0) is 0 Å². The zero-order chi connectivity index (χ0) is 13.9. The van der Waals surface area contributed by atoms with Crippen LogP contribution < -0.4 is 5.32 Å². The molecule has 0 saturated carbocycles. The smallest absolute Gasteiger partial charge is 0.161 e. The molecule has 1 atom stereocenters. The molecule has 2 heterocycles. The van der Waals surface area contributed by atoms with E-state index in [0.29, 0.717) is 12.0 Å². The van der Waals surface area contributed by atoms with Gasteiger partial charge in [0.2, 0.25) is 0 Å². The quantitative estimate of drug-likeness (QED) is 0.900. The van der Waals surface area contributed by atoms with Crippen molar-refractivity contribution in [3.8, 4) is 0 Å². The molecule has 1 aliphatic rings. The Morgan fingerprint density at radius 3 is 3.05 bits per heavy atom. The van der Waals surface area contributed by atoms with Gasteiger partial charge in [-0.3, -0.25) is 9.98 Å². The van der Waals surface area contributed by atoms with Crippen molar-refractivity contribution in [2.45, 2.75) is 26.3 Å². The molecular weight excluding hydrogens is 266 g/mol. The average Bonchev–Trinajstić information content (AvgIpc) is 2.48. The molecule has 0 spiro atoms. The number of rotatable bonds is 2. The van der Waals surface area contributed by atoms with Gasteiger partial charge in [0.05, 0.1) is 6.04 Å². The molecule has 1 aromatic carbocycles. The van der Waals surface area contributed by atoms with E-state index in [1.165, 1.54) is 11.8 Å². The molecule has 0 radical (unpaired) electrons. The summed E-state index contributed by atoms with van der Waals surface area (Å²) in [6.07, 6.45) is 4.91. The molecule has 0 bridgehead atoms. The van der Waals surface area contributed by atoms with Crippen LogP contribution in [0.15, 0.2) is 41.7 Å². The second kappa shape index (κ2) is 5.83. The Labute approximate surface area is 123 Å². The maximum atomic E-state index is 4.83. The van der Waals surface area contributed by atoms with Crippen molar-refractivity contribution in [3.05, 3.63) is 36.7 Å². The van der Waals surface area contributed by atoms with Crippen molar-refractivity contribution in [1.82, 2.24) is 4.98 Å². The first-order chi connectivity index (χ1) is 9.74. The number of pyridine rings is 1. The van der Waals surface area contributed by atoms with E-state index >= 15 is 0 Å². The number of aliphatic imine (C=N–C) groups is 1. The molecule has 0 aliphatic carbocycles. The van der Waals surface area contributed by atoms with E-state index in [9.17, 15) is 0 Å². The predicted octanol–water partition coefficient (Wildman–Crippen LogP) is 4.16. The predicted molar refractivity (Wildman–Crippen MR) is 88.5 cm³/mol. The monoisotopic (exact) mass is 285 g/mol. The molecule has 2 aromatic rings. The van der Waals surface area contributed by atoms with E-state index in [0.717, 1.165) is 22.0 Å². The lowest BCUT2D eigenvalue weighted by Gasteiger charge is -2.23. The van der Waals surface area contributed by atoms with Gasteiger partial charge in [0.25, 0.3) is 0 Å². The summed E-state index contributed by atoms with van der Waals surface area (Å²) < 4.78 is 0. The lowest BCUT2D eigenvalue weighted by Crippen LogP contribution is -2.23. The zero-order valence-corrected chi connectivity index (χ0v) is 12.7. The number of nitrogens with zero attached hydrogens (tertiary/aromatic N) is 2. The van der Waals surface area contributed by atoms with Gasteiger partial charge in [-0.15, -0.1) is 0 Å². The van der Waals surface area contributed by atoms with Crippen LogP contribution >= 0.6 is 11.8 Å². The summed E-state index contributed by atoms with van der Waals surface area (Å²) >= 11 is 1.81. The molecule has 3 rings (SSSR count). The minimum Gasteiger partial charge on any atom is -0.334 e. The number of fused-ring (bicyclic) bond motifs is 1. The van der Waals surface area contributed by atoms with E-state index in [4.69, 9.17) is 4.99 Å². The average molecular weight is 285 g/mol. The molecule has 4 heteroatoms. The lowest BCUT2D eigenvalue weighted by atomic mass is 10.0. The standard InChI is InChI=1S/C16H19N3S/c1-11(2)14-7-9-20-16(18-14)19-15-5-3-4-12-6-8-17-10-13(12)15/h3-6,8,10-11,14H,7,9H2,1-2H3,(H,18,19). The Morgan fingerprint density at radius 1 is 1.30 bits per heavy atom. The minimum absolute atomic E-state index is 0.437. The first kappa shape index (κ1) is 13.4. The number of amidine groups is 1. The third-order valence-electron chi connectivity index (χ3n) is 3.63. The summed E-state index contributed by atoms with van der Waals surface area (Å²) in [5.41, 5.74) is 1.09. The highest BCUT2D eigenvalue weighted by Crippen LogP contribution is 2.27. The molecule has 0 amide bonds. The van der Waals surface area contributed by atoms with Crippen molar-refractivity contribution in [3.63, 3.8) is 0 Å². The number of benzene rings is 1. The Balaban J connectivity index is 1.90. The first-order valence-corrected chi connectivity index (χ1v) is 8.03. The van der Waals surface area contributed by atoms with Gasteiger partial charge in [-0.05, 0) is 29.9 Å². The first-order valence-electron chi connectivity index (χ1n) is 7.04. The van der Waals surface area contributed by atoms with Crippen molar-refractivity contribution in [1.29, 1.82) is 0 Å². The van der Waals surface area contributed by atoms with Gasteiger partial charge in [0.1, 0.15) is 0 Å². The number of aromatic nitrogens is 1. The largest absolute Gasteiger partial charge is 0.334 e. The summed E-state index contributed by atoms with van der Waals surface area (Å²) in [6, 6.07) is 8.74. The van der Waals surface area contributed by atoms with Crippen LogP contribution in [0.2, 0.25) is 0 Å². The number of thioether (sulfide) groups is 1. The highest BCUT2D eigenvalue weighted by atomic mass is 32.2. The molecule has 0 saturated heterocycles. The van der Waals surface area contributed by atoms with Gasteiger partial charge in [-0.25, -0.2) is 0 Å². The van der Waals surface area contributed by atoms with Crippen molar-refractivity contribution in [2.75, 3.05) is 11.1 Å². The highest BCUT2D eigenvalue weighted by Gasteiger charge is 2.18. The van der Waals surface area contributed by atoms with E-state index in [1.807, 2.05) is 18.5 Å². The van der Waals surface area contributed by atoms with E-state index in [2.05, 4.69) is 42.3 Å². The number of hydrogen-bond acceptors (Lipinski definition) is 4. The molecule has 1 aliphatic heterocycles. The van der Waals surface area contributed by atoms with Gasteiger partial charge < -0.3 is 5.32 Å². The van der Waals surface area contributed by atoms with Crippen molar-refractivity contribution < 1.29 is 0 Å². The Morgan fingerprint density at radius 2 is 2.20 bits per heavy atom. The number of hydrogen-bond donors (Lipinski definition) is 1.